The third kappa shape index (κ3) is 3.19. The summed E-state index contributed by atoms with van der Waals surface area (Å²) >= 11 is 0. The van der Waals surface area contributed by atoms with Crippen molar-refractivity contribution in [3.05, 3.63) is 48.2 Å². The molecule has 0 radical (unpaired) electrons. The van der Waals surface area contributed by atoms with Gasteiger partial charge in [0.1, 0.15) is 5.75 Å². The Bertz CT molecular complexity index is 745. The molecule has 2 N–H and O–H groups in total. The van der Waals surface area contributed by atoms with E-state index >= 15 is 0 Å². The van der Waals surface area contributed by atoms with Crippen LogP contribution >= 0.6 is 0 Å². The fourth-order valence-electron chi connectivity index (χ4n) is 1.45. The maximum Gasteiger partial charge on any atom is 0.197 e. The second kappa shape index (κ2) is 5.40. The Morgan fingerprint density at radius 2 is 1.85 bits per heavy atom. The van der Waals surface area contributed by atoms with Crippen molar-refractivity contribution in [3.63, 3.8) is 0 Å². The molecular weight excluding hydrogens is 280 g/mol. The van der Waals surface area contributed by atoms with Crippen LogP contribution in [0.5, 0.6) is 5.75 Å². The molecule has 2 aromatic rings. The summed E-state index contributed by atoms with van der Waals surface area (Å²) in [6, 6.07) is 8.10. The number of rotatable bonds is 3. The first-order chi connectivity index (χ1) is 9.38. The molecule has 0 fully saturated rings. The van der Waals surface area contributed by atoms with Crippen molar-refractivity contribution in [2.45, 2.75) is 11.8 Å². The topological polar surface area (TPSA) is 99.9 Å². The van der Waals surface area contributed by atoms with Crippen LogP contribution in [0.1, 0.15) is 17.3 Å². The lowest BCUT2D eigenvalue weighted by molar-refractivity contribution is 0.101. The van der Waals surface area contributed by atoms with Crippen molar-refractivity contribution in [3.8, 4) is 5.75 Å². The van der Waals surface area contributed by atoms with E-state index in [9.17, 15) is 13.6 Å². The minimum atomic E-state index is -3.65. The maximum absolute atomic E-state index is 12.1. The lowest BCUT2D eigenvalue weighted by atomic mass is 10.2. The Morgan fingerprint density at radius 1 is 1.20 bits per heavy atom. The lowest BCUT2D eigenvalue weighted by Crippen LogP contribution is -1.98. The van der Waals surface area contributed by atoms with Gasteiger partial charge in [-0.05, 0) is 43.3 Å². The zero-order valence-corrected chi connectivity index (χ0v) is 11.4. The third-order valence-corrected chi connectivity index (χ3v) is 3.84. The van der Waals surface area contributed by atoms with Crippen LogP contribution in [0, 0.1) is 0 Å². The van der Waals surface area contributed by atoms with Crippen molar-refractivity contribution in [2.24, 2.45) is 4.36 Å². The monoisotopic (exact) mass is 292 g/mol. The highest BCUT2D eigenvalue weighted by molar-refractivity contribution is 7.88. The molecule has 1 unspecified atom stereocenters. The molecule has 1 aromatic carbocycles. The maximum atomic E-state index is 12.1. The average molecular weight is 292 g/mol. The van der Waals surface area contributed by atoms with Gasteiger partial charge in [0.25, 0.3) is 0 Å². The molecule has 1 heterocycles. The van der Waals surface area contributed by atoms with Gasteiger partial charge in [-0.15, -0.1) is 0 Å². The number of hydrogen-bond acceptors (Lipinski definition) is 5. The van der Waals surface area contributed by atoms with Crippen LogP contribution in [0.3, 0.4) is 0 Å². The molecule has 0 amide bonds. The zero-order chi connectivity index (χ0) is 14.8. The number of benzene rings is 1. The average Bonchev–Trinajstić information content (AvgIpc) is 2.39. The first kappa shape index (κ1) is 14.2. The quantitative estimate of drug-likeness (QED) is 0.847. The van der Waals surface area contributed by atoms with E-state index in [-0.39, 0.29) is 22.2 Å². The summed E-state index contributed by atoms with van der Waals surface area (Å²) in [6.07, 6.45) is 1.30. The first-order valence-electron chi connectivity index (χ1n) is 5.64. The summed E-state index contributed by atoms with van der Waals surface area (Å²) < 4.78 is 25.6. The fraction of sp³-hybridized carbons (Fsp3) is 0.0769. The Hall–Kier alpha value is -2.25. The van der Waals surface area contributed by atoms with Gasteiger partial charge in [0.05, 0.1) is 4.90 Å². The molecule has 0 saturated carbocycles. The summed E-state index contributed by atoms with van der Waals surface area (Å²) in [5, 5.41) is 9.15. The van der Waals surface area contributed by atoms with Crippen LogP contribution in [0.4, 0.5) is 5.82 Å². The second-order valence-electron chi connectivity index (χ2n) is 4.04. The SMILES string of the molecule is CC(=O)c1ccc(N=S(=O)(O)c2ccc(O)cc2)nc1. The minimum Gasteiger partial charge on any atom is -0.508 e. The number of hydrogen-bond donors (Lipinski definition) is 2. The molecule has 0 saturated heterocycles. The zero-order valence-electron chi connectivity index (χ0n) is 10.6. The van der Waals surface area contributed by atoms with Crippen molar-refractivity contribution in [1.82, 2.24) is 4.98 Å². The summed E-state index contributed by atoms with van der Waals surface area (Å²) in [5.74, 6) is -0.101. The van der Waals surface area contributed by atoms with Crippen LogP contribution < -0.4 is 0 Å². The van der Waals surface area contributed by atoms with E-state index in [1.54, 1.807) is 0 Å². The molecule has 7 heteroatoms. The Kier molecular flexibility index (Phi) is 3.82. The van der Waals surface area contributed by atoms with Gasteiger partial charge >= 0.3 is 0 Å². The number of carbonyl (C=O) groups is 1. The highest BCUT2D eigenvalue weighted by Crippen LogP contribution is 2.19. The summed E-state index contributed by atoms with van der Waals surface area (Å²) in [7, 11) is -3.65. The molecule has 0 spiro atoms. The molecule has 1 aromatic heterocycles. The van der Waals surface area contributed by atoms with Crippen LogP contribution in [0.15, 0.2) is 51.9 Å². The highest BCUT2D eigenvalue weighted by atomic mass is 32.2. The van der Waals surface area contributed by atoms with Crippen molar-refractivity contribution in [1.29, 1.82) is 0 Å². The van der Waals surface area contributed by atoms with Gasteiger partial charge in [-0.3, -0.25) is 9.35 Å². The van der Waals surface area contributed by atoms with E-state index in [2.05, 4.69) is 9.35 Å². The van der Waals surface area contributed by atoms with E-state index < -0.39 is 10.0 Å². The number of pyridine rings is 1. The van der Waals surface area contributed by atoms with Crippen molar-refractivity contribution >= 4 is 21.6 Å². The third-order valence-electron chi connectivity index (χ3n) is 2.52. The van der Waals surface area contributed by atoms with Crippen LogP contribution in [0.2, 0.25) is 0 Å². The normalized spacial score (nSPS) is 13.5. The van der Waals surface area contributed by atoms with Gasteiger partial charge in [0, 0.05) is 11.8 Å². The van der Waals surface area contributed by atoms with Crippen LogP contribution in [-0.2, 0) is 10.0 Å². The molecule has 6 nitrogen and oxygen atoms in total. The summed E-state index contributed by atoms with van der Waals surface area (Å²) in [6.45, 7) is 1.40. The number of phenolic OH excluding ortho intramolecular Hbond substituents is 1. The number of aromatic hydroxyl groups is 1. The molecular formula is C13H12N2O4S. The van der Waals surface area contributed by atoms with E-state index in [1.165, 1.54) is 49.5 Å². The van der Waals surface area contributed by atoms with Crippen LogP contribution in [0.25, 0.3) is 0 Å². The van der Waals surface area contributed by atoms with Crippen LogP contribution in [-0.4, -0.2) is 24.6 Å². The fourth-order valence-corrected chi connectivity index (χ4v) is 2.41. The predicted octanol–water partition coefficient (Wildman–Crippen LogP) is 2.62. The van der Waals surface area contributed by atoms with Gasteiger partial charge in [0.2, 0.25) is 0 Å². The van der Waals surface area contributed by atoms with E-state index in [1.807, 2.05) is 0 Å². The molecule has 0 aliphatic heterocycles. The smallest absolute Gasteiger partial charge is 0.197 e. The number of Topliss-reactive ketones (excluding diaryl/α,β-unsaturated/α-hetero) is 1. The standard InChI is InChI=1S/C13H12N2O4S/c1-9(16)10-2-7-13(14-8-10)15-20(18,19)12-5-3-11(17)4-6-12/h2-8,17H,1H3,(H,14,15,18,19). The van der Waals surface area contributed by atoms with Gasteiger partial charge in [-0.1, -0.05) is 0 Å². The van der Waals surface area contributed by atoms with E-state index in [0.29, 0.717) is 5.56 Å². The number of nitrogens with zero attached hydrogens (tertiary/aromatic N) is 2. The predicted molar refractivity (Wildman–Crippen MR) is 73.5 cm³/mol. The largest absolute Gasteiger partial charge is 0.508 e. The summed E-state index contributed by atoms with van der Waals surface area (Å²) in [5.41, 5.74) is 0.401. The molecule has 0 aliphatic rings. The Labute approximate surface area is 116 Å². The second-order valence-corrected chi connectivity index (χ2v) is 5.69. The summed E-state index contributed by atoms with van der Waals surface area (Å²) in [4.78, 5) is 15.0. The Balaban J connectivity index is 2.40. The van der Waals surface area contributed by atoms with Crippen molar-refractivity contribution in [2.75, 3.05) is 0 Å². The van der Waals surface area contributed by atoms with Gasteiger partial charge in [0.15, 0.2) is 21.6 Å². The molecule has 0 aliphatic carbocycles. The lowest BCUT2D eigenvalue weighted by Gasteiger charge is -2.03. The molecule has 20 heavy (non-hydrogen) atoms. The number of aromatic nitrogens is 1. The minimum absolute atomic E-state index is 0.00659. The highest BCUT2D eigenvalue weighted by Gasteiger charge is 2.09. The molecule has 1 atom stereocenters. The van der Waals surface area contributed by atoms with Gasteiger partial charge in [-0.25, -0.2) is 9.19 Å². The van der Waals surface area contributed by atoms with Gasteiger partial charge in [-0.2, -0.15) is 4.36 Å². The number of carbonyl (C=O) groups excluding carboxylic acids is 1. The van der Waals surface area contributed by atoms with Crippen molar-refractivity contribution < 1.29 is 18.7 Å². The van der Waals surface area contributed by atoms with E-state index in [0.717, 1.165) is 0 Å². The number of ketones is 1. The molecule has 2 rings (SSSR count). The Morgan fingerprint density at radius 3 is 2.35 bits per heavy atom. The molecule has 0 bridgehead atoms. The van der Waals surface area contributed by atoms with Gasteiger partial charge < -0.3 is 5.11 Å². The molecule has 104 valence electrons. The van der Waals surface area contributed by atoms with E-state index in [4.69, 9.17) is 5.11 Å². The number of phenols is 1. The first-order valence-corrected chi connectivity index (χ1v) is 7.11.